The van der Waals surface area contributed by atoms with E-state index in [1.807, 2.05) is 20.8 Å². The summed E-state index contributed by atoms with van der Waals surface area (Å²) < 4.78 is 5.45. The van der Waals surface area contributed by atoms with E-state index in [0.717, 1.165) is 5.56 Å². The first-order valence-corrected chi connectivity index (χ1v) is 6.11. The van der Waals surface area contributed by atoms with Crippen LogP contribution in [-0.4, -0.2) is 28.7 Å². The predicted molar refractivity (Wildman–Crippen MR) is 68.7 cm³/mol. The Morgan fingerprint density at radius 2 is 1.94 bits per heavy atom. The number of Topliss-reactive ketones (excluding diaryl/α,β-unsaturated/α-hetero) is 1. The molecule has 0 aliphatic rings. The van der Waals surface area contributed by atoms with Gasteiger partial charge in [0.05, 0.1) is 0 Å². The van der Waals surface area contributed by atoms with Crippen molar-refractivity contribution in [2.45, 2.75) is 33.3 Å². The van der Waals surface area contributed by atoms with Crippen LogP contribution in [0.5, 0.6) is 11.5 Å². The molecule has 0 aliphatic carbocycles. The van der Waals surface area contributed by atoms with Gasteiger partial charge in [-0.3, -0.25) is 4.79 Å². The first kappa shape index (κ1) is 14.5. The molecule has 0 saturated carbocycles. The molecule has 0 unspecified atom stereocenters. The van der Waals surface area contributed by atoms with Crippen LogP contribution in [0.1, 0.15) is 26.3 Å². The summed E-state index contributed by atoms with van der Waals surface area (Å²) in [6.45, 7) is 5.98. The maximum absolute atomic E-state index is 12.0. The number of carbonyl (C=O) groups excluding carboxylic acids is 1. The zero-order valence-electron chi connectivity index (χ0n) is 11.0. The molecule has 4 nitrogen and oxygen atoms in total. The van der Waals surface area contributed by atoms with Gasteiger partial charge in [0.2, 0.25) is 0 Å². The largest absolute Gasteiger partial charge is 0.504 e. The molecular formula is C14H20O4. The Kier molecular flexibility index (Phi) is 5.16. The topological polar surface area (TPSA) is 66.8 Å². The molecule has 4 heteroatoms. The number of benzene rings is 1. The lowest BCUT2D eigenvalue weighted by atomic mass is 9.98. The van der Waals surface area contributed by atoms with Gasteiger partial charge < -0.3 is 14.9 Å². The second-order valence-electron chi connectivity index (χ2n) is 4.53. The Morgan fingerprint density at radius 3 is 2.44 bits per heavy atom. The Bertz CT molecular complexity index is 412. The molecule has 0 aromatic heterocycles. The zero-order chi connectivity index (χ0) is 13.7. The van der Waals surface area contributed by atoms with Crippen LogP contribution >= 0.6 is 0 Å². The summed E-state index contributed by atoms with van der Waals surface area (Å²) in [6, 6.07) is 4.54. The minimum atomic E-state index is -0.501. The summed E-state index contributed by atoms with van der Waals surface area (Å²) in [6.07, 6.45) is -0.0995. The highest BCUT2D eigenvalue weighted by molar-refractivity contribution is 5.85. The van der Waals surface area contributed by atoms with Crippen molar-refractivity contribution >= 4 is 5.78 Å². The van der Waals surface area contributed by atoms with E-state index in [1.54, 1.807) is 6.07 Å². The molecule has 1 atom stereocenters. The number of hydrogen-bond donors (Lipinski definition) is 2. The van der Waals surface area contributed by atoms with E-state index in [1.165, 1.54) is 12.1 Å². The van der Waals surface area contributed by atoms with Gasteiger partial charge in [-0.25, -0.2) is 0 Å². The minimum Gasteiger partial charge on any atom is -0.504 e. The van der Waals surface area contributed by atoms with E-state index in [-0.39, 0.29) is 23.2 Å². The molecule has 1 aromatic rings. The highest BCUT2D eigenvalue weighted by Crippen LogP contribution is 2.26. The first-order chi connectivity index (χ1) is 8.45. The molecule has 18 heavy (non-hydrogen) atoms. The number of phenolic OH excluding ortho intramolecular Hbond substituents is 2. The Morgan fingerprint density at radius 1 is 1.28 bits per heavy atom. The number of rotatable bonds is 6. The second-order valence-corrected chi connectivity index (χ2v) is 4.53. The molecule has 0 saturated heterocycles. The maximum Gasteiger partial charge on any atom is 0.164 e. The summed E-state index contributed by atoms with van der Waals surface area (Å²) in [4.78, 5) is 12.0. The maximum atomic E-state index is 12.0. The first-order valence-electron chi connectivity index (χ1n) is 6.11. The molecule has 0 aliphatic heterocycles. The van der Waals surface area contributed by atoms with Crippen molar-refractivity contribution in [1.29, 1.82) is 0 Å². The van der Waals surface area contributed by atoms with Gasteiger partial charge in [-0.15, -0.1) is 0 Å². The van der Waals surface area contributed by atoms with Gasteiger partial charge in [0.25, 0.3) is 0 Å². The van der Waals surface area contributed by atoms with Gasteiger partial charge >= 0.3 is 0 Å². The fourth-order valence-electron chi connectivity index (χ4n) is 1.72. The zero-order valence-corrected chi connectivity index (χ0v) is 11.0. The lowest BCUT2D eigenvalue weighted by Crippen LogP contribution is -2.30. The molecule has 0 spiro atoms. The monoisotopic (exact) mass is 252 g/mol. The molecule has 0 amide bonds. The fraction of sp³-hybridized carbons (Fsp3) is 0.500. The van der Waals surface area contributed by atoms with E-state index >= 15 is 0 Å². The summed E-state index contributed by atoms with van der Waals surface area (Å²) >= 11 is 0. The number of aromatic hydroxyl groups is 2. The van der Waals surface area contributed by atoms with E-state index in [4.69, 9.17) is 4.74 Å². The van der Waals surface area contributed by atoms with Crippen molar-refractivity contribution in [1.82, 2.24) is 0 Å². The Hall–Kier alpha value is -1.55. The number of hydrogen-bond acceptors (Lipinski definition) is 4. The fourth-order valence-corrected chi connectivity index (χ4v) is 1.72. The van der Waals surface area contributed by atoms with Crippen LogP contribution in [0.3, 0.4) is 0 Å². The second kappa shape index (κ2) is 6.40. The molecule has 0 bridgehead atoms. The minimum absolute atomic E-state index is 0.0458. The van der Waals surface area contributed by atoms with Crippen LogP contribution in [0.25, 0.3) is 0 Å². The van der Waals surface area contributed by atoms with Crippen molar-refractivity contribution < 1.29 is 19.7 Å². The Labute approximate surface area is 107 Å². The molecule has 0 radical (unpaired) electrons. The van der Waals surface area contributed by atoms with Crippen LogP contribution in [0.4, 0.5) is 0 Å². The summed E-state index contributed by atoms with van der Waals surface area (Å²) in [5.74, 6) is -0.390. The van der Waals surface area contributed by atoms with Crippen LogP contribution in [0.2, 0.25) is 0 Å². The average Bonchev–Trinajstić information content (AvgIpc) is 2.32. The normalized spacial score (nSPS) is 12.7. The van der Waals surface area contributed by atoms with E-state index in [2.05, 4.69) is 0 Å². The van der Waals surface area contributed by atoms with E-state index in [0.29, 0.717) is 13.0 Å². The quantitative estimate of drug-likeness (QED) is 0.762. The van der Waals surface area contributed by atoms with Gasteiger partial charge in [-0.1, -0.05) is 19.9 Å². The molecule has 0 fully saturated rings. The van der Waals surface area contributed by atoms with E-state index < -0.39 is 6.10 Å². The summed E-state index contributed by atoms with van der Waals surface area (Å²) in [5, 5.41) is 18.6. The van der Waals surface area contributed by atoms with Gasteiger partial charge in [-0.05, 0) is 24.6 Å². The van der Waals surface area contributed by atoms with Crippen molar-refractivity contribution in [3.8, 4) is 11.5 Å². The highest BCUT2D eigenvalue weighted by atomic mass is 16.5. The molecule has 0 heterocycles. The number of carbonyl (C=O) groups is 1. The molecule has 1 aromatic carbocycles. The highest BCUT2D eigenvalue weighted by Gasteiger charge is 2.22. The van der Waals surface area contributed by atoms with Gasteiger partial charge in [0.1, 0.15) is 6.10 Å². The van der Waals surface area contributed by atoms with Crippen LogP contribution < -0.4 is 0 Å². The average molecular weight is 252 g/mol. The van der Waals surface area contributed by atoms with Crippen molar-refractivity contribution in [3.05, 3.63) is 23.8 Å². The van der Waals surface area contributed by atoms with E-state index in [9.17, 15) is 15.0 Å². The third-order valence-corrected chi connectivity index (χ3v) is 2.72. The standard InChI is InChI=1S/C14H20O4/c1-4-18-13(14(17)9(2)3)8-10-5-6-11(15)12(16)7-10/h5-7,9,13,15-16H,4,8H2,1-3H3/t13-/m1/s1. The van der Waals surface area contributed by atoms with Crippen molar-refractivity contribution in [3.63, 3.8) is 0 Å². The molecule has 100 valence electrons. The number of ketones is 1. The smallest absolute Gasteiger partial charge is 0.164 e. The molecular weight excluding hydrogens is 232 g/mol. The van der Waals surface area contributed by atoms with Crippen LogP contribution in [-0.2, 0) is 16.0 Å². The lowest BCUT2D eigenvalue weighted by molar-refractivity contribution is -0.133. The molecule has 2 N–H and O–H groups in total. The molecule has 1 rings (SSSR count). The van der Waals surface area contributed by atoms with Crippen molar-refractivity contribution in [2.75, 3.05) is 6.61 Å². The van der Waals surface area contributed by atoms with Gasteiger partial charge in [0.15, 0.2) is 17.3 Å². The SMILES string of the molecule is CCO[C@H](Cc1ccc(O)c(O)c1)C(=O)C(C)C. The van der Waals surface area contributed by atoms with Crippen molar-refractivity contribution in [2.24, 2.45) is 5.92 Å². The third-order valence-electron chi connectivity index (χ3n) is 2.72. The summed E-state index contributed by atoms with van der Waals surface area (Å²) in [7, 11) is 0. The van der Waals surface area contributed by atoms with Gasteiger partial charge in [-0.2, -0.15) is 0 Å². The lowest BCUT2D eigenvalue weighted by Gasteiger charge is -2.18. The Balaban J connectivity index is 2.82. The van der Waals surface area contributed by atoms with Crippen LogP contribution in [0, 0.1) is 5.92 Å². The third kappa shape index (κ3) is 3.74. The van der Waals surface area contributed by atoms with Crippen LogP contribution in [0.15, 0.2) is 18.2 Å². The summed E-state index contributed by atoms with van der Waals surface area (Å²) in [5.41, 5.74) is 0.762. The number of phenols is 2. The predicted octanol–water partition coefficient (Wildman–Crippen LogP) is 2.27. The van der Waals surface area contributed by atoms with Gasteiger partial charge in [0, 0.05) is 18.9 Å². The number of ether oxygens (including phenoxy) is 1.